The molecule has 1 heterocycles. The molecule has 0 saturated carbocycles. The summed E-state index contributed by atoms with van der Waals surface area (Å²) in [6, 6.07) is 6.76. The van der Waals surface area contributed by atoms with Crippen molar-refractivity contribution in [3.63, 3.8) is 0 Å². The van der Waals surface area contributed by atoms with E-state index in [0.29, 0.717) is 23.8 Å². The second kappa shape index (κ2) is 5.29. The van der Waals surface area contributed by atoms with Crippen LogP contribution >= 0.6 is 11.6 Å². The SMILES string of the molecule is CC(C)(C)c1nnc(Cl)n1CCc1ccccc1F. The van der Waals surface area contributed by atoms with Crippen LogP contribution in [0.3, 0.4) is 0 Å². The van der Waals surface area contributed by atoms with Gasteiger partial charge in [-0.2, -0.15) is 0 Å². The van der Waals surface area contributed by atoms with E-state index < -0.39 is 0 Å². The van der Waals surface area contributed by atoms with Crippen LogP contribution in [0.4, 0.5) is 4.39 Å². The maximum atomic E-state index is 13.6. The monoisotopic (exact) mass is 281 g/mol. The van der Waals surface area contributed by atoms with E-state index in [1.807, 2.05) is 31.4 Å². The Labute approximate surface area is 117 Å². The fraction of sp³-hybridized carbons (Fsp3) is 0.429. The number of aryl methyl sites for hydroxylation is 1. The smallest absolute Gasteiger partial charge is 0.225 e. The van der Waals surface area contributed by atoms with Crippen molar-refractivity contribution in [1.82, 2.24) is 14.8 Å². The molecule has 2 rings (SSSR count). The lowest BCUT2D eigenvalue weighted by atomic mass is 9.95. The molecule has 3 nitrogen and oxygen atoms in total. The maximum Gasteiger partial charge on any atom is 0.225 e. The van der Waals surface area contributed by atoms with E-state index in [9.17, 15) is 4.39 Å². The van der Waals surface area contributed by atoms with Gasteiger partial charge in [0.2, 0.25) is 5.28 Å². The average molecular weight is 282 g/mol. The third-order valence-corrected chi connectivity index (χ3v) is 3.22. The van der Waals surface area contributed by atoms with Crippen LogP contribution in [0, 0.1) is 5.82 Å². The van der Waals surface area contributed by atoms with Gasteiger partial charge in [-0.1, -0.05) is 39.0 Å². The zero-order chi connectivity index (χ0) is 14.0. The maximum absolute atomic E-state index is 13.6. The van der Waals surface area contributed by atoms with Crippen molar-refractivity contribution in [2.24, 2.45) is 0 Å². The summed E-state index contributed by atoms with van der Waals surface area (Å²) in [5.41, 5.74) is 0.530. The fourth-order valence-corrected chi connectivity index (χ4v) is 2.17. The molecule has 0 aliphatic carbocycles. The lowest BCUT2D eigenvalue weighted by Gasteiger charge is -2.19. The molecule has 0 atom stereocenters. The largest absolute Gasteiger partial charge is 0.301 e. The van der Waals surface area contributed by atoms with Crippen LogP contribution in [0.25, 0.3) is 0 Å². The van der Waals surface area contributed by atoms with Gasteiger partial charge < -0.3 is 4.57 Å². The highest BCUT2D eigenvalue weighted by atomic mass is 35.5. The van der Waals surface area contributed by atoms with Crippen LogP contribution < -0.4 is 0 Å². The Morgan fingerprint density at radius 2 is 1.89 bits per heavy atom. The minimum atomic E-state index is -0.191. The Kier molecular flexibility index (Phi) is 3.90. The van der Waals surface area contributed by atoms with Gasteiger partial charge in [0.25, 0.3) is 0 Å². The van der Waals surface area contributed by atoms with E-state index in [1.54, 1.807) is 12.1 Å². The summed E-state index contributed by atoms with van der Waals surface area (Å²) in [5.74, 6) is 0.623. The van der Waals surface area contributed by atoms with Gasteiger partial charge in [0, 0.05) is 12.0 Å². The molecule has 0 saturated heterocycles. The molecule has 1 aromatic carbocycles. The molecule has 0 bridgehead atoms. The summed E-state index contributed by atoms with van der Waals surface area (Å²) in [4.78, 5) is 0. The van der Waals surface area contributed by atoms with Crippen LogP contribution in [0.1, 0.15) is 32.2 Å². The highest BCUT2D eigenvalue weighted by Crippen LogP contribution is 2.23. The molecular weight excluding hydrogens is 265 g/mol. The normalized spacial score (nSPS) is 11.8. The fourth-order valence-electron chi connectivity index (χ4n) is 1.97. The van der Waals surface area contributed by atoms with Crippen LogP contribution in [0.2, 0.25) is 5.28 Å². The molecular formula is C14H17ClFN3. The molecule has 0 spiro atoms. The highest BCUT2D eigenvalue weighted by molar-refractivity contribution is 6.28. The zero-order valence-electron chi connectivity index (χ0n) is 11.3. The lowest BCUT2D eigenvalue weighted by molar-refractivity contribution is 0.494. The molecule has 2 aromatic rings. The Morgan fingerprint density at radius 1 is 1.21 bits per heavy atom. The van der Waals surface area contributed by atoms with Crippen molar-refractivity contribution in [3.05, 3.63) is 46.8 Å². The van der Waals surface area contributed by atoms with Crippen LogP contribution in [-0.4, -0.2) is 14.8 Å². The van der Waals surface area contributed by atoms with Gasteiger partial charge in [-0.05, 0) is 29.7 Å². The Morgan fingerprint density at radius 3 is 2.53 bits per heavy atom. The van der Waals surface area contributed by atoms with Crippen molar-refractivity contribution in [1.29, 1.82) is 0 Å². The molecule has 19 heavy (non-hydrogen) atoms. The van der Waals surface area contributed by atoms with Gasteiger partial charge in [0.05, 0.1) is 0 Å². The van der Waals surface area contributed by atoms with Gasteiger partial charge >= 0.3 is 0 Å². The van der Waals surface area contributed by atoms with Crippen molar-refractivity contribution >= 4 is 11.6 Å². The van der Waals surface area contributed by atoms with Gasteiger partial charge in [-0.3, -0.25) is 0 Å². The molecule has 0 amide bonds. The van der Waals surface area contributed by atoms with E-state index in [0.717, 1.165) is 5.82 Å². The molecule has 5 heteroatoms. The van der Waals surface area contributed by atoms with Gasteiger partial charge in [0.1, 0.15) is 11.6 Å². The summed E-state index contributed by atoms with van der Waals surface area (Å²) in [6.07, 6.45) is 0.563. The van der Waals surface area contributed by atoms with E-state index in [1.165, 1.54) is 6.07 Å². The molecule has 0 radical (unpaired) electrons. The average Bonchev–Trinajstić information content (AvgIpc) is 2.69. The number of hydrogen-bond acceptors (Lipinski definition) is 2. The minimum Gasteiger partial charge on any atom is -0.301 e. The summed E-state index contributed by atoms with van der Waals surface area (Å²) in [5, 5.41) is 8.36. The molecule has 0 unspecified atom stereocenters. The molecule has 0 N–H and O–H groups in total. The third kappa shape index (κ3) is 3.13. The quantitative estimate of drug-likeness (QED) is 0.860. The second-order valence-electron chi connectivity index (χ2n) is 5.54. The minimum absolute atomic E-state index is 0.143. The molecule has 102 valence electrons. The Bertz CT molecular complexity index is 572. The van der Waals surface area contributed by atoms with Gasteiger partial charge in [-0.25, -0.2) is 4.39 Å². The molecule has 0 aliphatic heterocycles. The summed E-state index contributed by atoms with van der Waals surface area (Å²) in [6.45, 7) is 6.71. The van der Waals surface area contributed by atoms with E-state index >= 15 is 0 Å². The molecule has 0 fully saturated rings. The Hall–Kier alpha value is -1.42. The van der Waals surface area contributed by atoms with Crippen molar-refractivity contribution in [3.8, 4) is 0 Å². The van der Waals surface area contributed by atoms with E-state index in [4.69, 9.17) is 11.6 Å². The van der Waals surface area contributed by atoms with E-state index in [2.05, 4.69) is 10.2 Å². The number of nitrogens with zero attached hydrogens (tertiary/aromatic N) is 3. The van der Waals surface area contributed by atoms with Crippen LogP contribution in [0.5, 0.6) is 0 Å². The predicted octanol–water partition coefficient (Wildman–Crippen LogP) is 3.61. The molecule has 0 aliphatic rings. The first-order chi connectivity index (χ1) is 8.89. The first kappa shape index (κ1) is 14.0. The number of hydrogen-bond donors (Lipinski definition) is 0. The molecule has 1 aromatic heterocycles. The number of aromatic nitrogens is 3. The third-order valence-electron chi connectivity index (χ3n) is 2.94. The predicted molar refractivity (Wildman–Crippen MR) is 73.8 cm³/mol. The van der Waals surface area contributed by atoms with Gasteiger partial charge in [0.15, 0.2) is 0 Å². The first-order valence-corrected chi connectivity index (χ1v) is 6.60. The van der Waals surface area contributed by atoms with E-state index in [-0.39, 0.29) is 11.2 Å². The number of halogens is 2. The van der Waals surface area contributed by atoms with Gasteiger partial charge in [-0.15, -0.1) is 10.2 Å². The first-order valence-electron chi connectivity index (χ1n) is 6.22. The van der Waals surface area contributed by atoms with Crippen LogP contribution in [0.15, 0.2) is 24.3 Å². The van der Waals surface area contributed by atoms with Crippen molar-refractivity contribution in [2.75, 3.05) is 0 Å². The second-order valence-corrected chi connectivity index (χ2v) is 5.87. The topological polar surface area (TPSA) is 30.7 Å². The summed E-state index contributed by atoms with van der Waals surface area (Å²) in [7, 11) is 0. The number of rotatable bonds is 3. The summed E-state index contributed by atoms with van der Waals surface area (Å²) >= 11 is 6.05. The van der Waals surface area contributed by atoms with Crippen molar-refractivity contribution < 1.29 is 4.39 Å². The summed E-state index contributed by atoms with van der Waals surface area (Å²) < 4.78 is 15.4. The van der Waals surface area contributed by atoms with Crippen LogP contribution in [-0.2, 0) is 18.4 Å². The number of benzene rings is 1. The standard InChI is InChI=1S/C14H17ClFN3/c1-14(2,3)12-17-18-13(15)19(12)9-8-10-6-4-5-7-11(10)16/h4-7H,8-9H2,1-3H3. The zero-order valence-corrected chi connectivity index (χ0v) is 12.1. The highest BCUT2D eigenvalue weighted by Gasteiger charge is 2.23. The Balaban J connectivity index is 2.21. The lowest BCUT2D eigenvalue weighted by Crippen LogP contribution is -2.20. The van der Waals surface area contributed by atoms with Crippen molar-refractivity contribution in [2.45, 2.75) is 39.2 Å².